The van der Waals surface area contributed by atoms with Crippen LogP contribution in [0.3, 0.4) is 0 Å². The van der Waals surface area contributed by atoms with Gasteiger partial charge in [-0.25, -0.2) is 4.39 Å². The molecule has 7 heteroatoms. The molecular formula is C34H30FN3O2S. The molecule has 4 aromatic rings. The second kappa shape index (κ2) is 11.6. The van der Waals surface area contributed by atoms with Crippen molar-refractivity contribution < 1.29 is 14.0 Å². The molecule has 1 fully saturated rings. The molecule has 0 radical (unpaired) electrons. The predicted molar refractivity (Wildman–Crippen MR) is 164 cm³/mol. The van der Waals surface area contributed by atoms with Gasteiger partial charge in [0.1, 0.15) is 5.82 Å². The molecule has 0 N–H and O–H groups in total. The molecular weight excluding hydrogens is 533 g/mol. The number of aryl methyl sites for hydroxylation is 1. The van der Waals surface area contributed by atoms with Crippen LogP contribution >= 0.6 is 11.8 Å². The van der Waals surface area contributed by atoms with Crippen LogP contribution in [0.1, 0.15) is 27.0 Å². The number of fused-ring (bicyclic) bond motifs is 1. The molecule has 2 aliphatic rings. The highest BCUT2D eigenvalue weighted by atomic mass is 32.2. The monoisotopic (exact) mass is 563 g/mol. The van der Waals surface area contributed by atoms with Crippen LogP contribution in [0, 0.1) is 12.7 Å². The lowest BCUT2D eigenvalue weighted by Crippen LogP contribution is -2.48. The first-order valence-corrected chi connectivity index (χ1v) is 14.5. The number of benzene rings is 4. The lowest BCUT2D eigenvalue weighted by molar-refractivity contribution is -0.114. The third kappa shape index (κ3) is 5.77. The maximum Gasteiger partial charge on any atom is 0.265 e. The van der Waals surface area contributed by atoms with Gasteiger partial charge >= 0.3 is 0 Å². The summed E-state index contributed by atoms with van der Waals surface area (Å²) in [6, 6.07) is 30.1. The van der Waals surface area contributed by atoms with E-state index < -0.39 is 0 Å². The van der Waals surface area contributed by atoms with E-state index in [1.54, 1.807) is 12.1 Å². The molecule has 0 unspecified atom stereocenters. The van der Waals surface area contributed by atoms with Crippen molar-refractivity contribution in [3.63, 3.8) is 0 Å². The van der Waals surface area contributed by atoms with E-state index in [1.807, 2.05) is 76.5 Å². The van der Waals surface area contributed by atoms with Crippen LogP contribution in [-0.2, 0) is 11.3 Å². The van der Waals surface area contributed by atoms with Gasteiger partial charge < -0.3 is 14.7 Å². The molecule has 2 aliphatic heterocycles. The van der Waals surface area contributed by atoms with E-state index in [0.717, 1.165) is 33.0 Å². The molecule has 5 nitrogen and oxygen atoms in total. The molecule has 6 rings (SSSR count). The number of nitrogens with zero attached hydrogens (tertiary/aromatic N) is 3. The SMILES string of the molecule is Cc1ccccc1CN1C(=O)/C(=C\c2ccc(C(=O)N3CCN(c4ccc(F)cc4)CC3)cc2)Sc2ccccc21. The maximum atomic E-state index is 13.7. The van der Waals surface area contributed by atoms with Gasteiger partial charge in [0.25, 0.3) is 11.8 Å². The number of hydrogen-bond donors (Lipinski definition) is 0. The highest BCUT2D eigenvalue weighted by Crippen LogP contribution is 2.42. The van der Waals surface area contributed by atoms with Crippen molar-refractivity contribution >= 4 is 41.0 Å². The van der Waals surface area contributed by atoms with Crippen molar-refractivity contribution in [2.45, 2.75) is 18.4 Å². The molecule has 2 amide bonds. The van der Waals surface area contributed by atoms with Crippen molar-refractivity contribution in [2.24, 2.45) is 0 Å². The average molecular weight is 564 g/mol. The molecule has 0 atom stereocenters. The van der Waals surface area contributed by atoms with Crippen LogP contribution in [0.2, 0.25) is 0 Å². The van der Waals surface area contributed by atoms with Crippen molar-refractivity contribution in [1.29, 1.82) is 0 Å². The number of hydrogen-bond acceptors (Lipinski definition) is 4. The summed E-state index contributed by atoms with van der Waals surface area (Å²) >= 11 is 1.48. The Bertz CT molecular complexity index is 1610. The highest BCUT2D eigenvalue weighted by Gasteiger charge is 2.29. The molecule has 0 saturated carbocycles. The van der Waals surface area contributed by atoms with E-state index in [2.05, 4.69) is 24.0 Å². The number of carbonyl (C=O) groups excluding carboxylic acids is 2. The Hall–Kier alpha value is -4.36. The molecule has 2 heterocycles. The Labute approximate surface area is 243 Å². The van der Waals surface area contributed by atoms with Crippen molar-refractivity contribution in [3.8, 4) is 0 Å². The Morgan fingerprint density at radius 2 is 1.54 bits per heavy atom. The van der Waals surface area contributed by atoms with E-state index >= 15 is 0 Å². The molecule has 1 saturated heterocycles. The van der Waals surface area contributed by atoms with Crippen LogP contribution in [-0.4, -0.2) is 42.9 Å². The number of anilines is 2. The Balaban J connectivity index is 1.16. The lowest BCUT2D eigenvalue weighted by atomic mass is 10.1. The molecule has 0 spiro atoms. The predicted octanol–water partition coefficient (Wildman–Crippen LogP) is 6.78. The zero-order valence-electron chi connectivity index (χ0n) is 22.8. The molecule has 0 aliphatic carbocycles. The summed E-state index contributed by atoms with van der Waals surface area (Å²) in [4.78, 5) is 34.4. The fourth-order valence-corrected chi connectivity index (χ4v) is 6.31. The lowest BCUT2D eigenvalue weighted by Gasteiger charge is -2.36. The van der Waals surface area contributed by atoms with Crippen LogP contribution in [0.4, 0.5) is 15.8 Å². The number of amides is 2. The van der Waals surface area contributed by atoms with E-state index in [1.165, 1.54) is 23.9 Å². The van der Waals surface area contributed by atoms with E-state index in [4.69, 9.17) is 0 Å². The van der Waals surface area contributed by atoms with Crippen molar-refractivity contribution in [1.82, 2.24) is 4.90 Å². The molecule has 206 valence electrons. The van der Waals surface area contributed by atoms with Gasteiger partial charge in [-0.3, -0.25) is 9.59 Å². The molecule has 4 aromatic carbocycles. The summed E-state index contributed by atoms with van der Waals surface area (Å²) in [5, 5.41) is 0. The number of para-hydroxylation sites is 1. The van der Waals surface area contributed by atoms with Crippen molar-refractivity contribution in [2.75, 3.05) is 36.0 Å². The first-order chi connectivity index (χ1) is 20.0. The van der Waals surface area contributed by atoms with Gasteiger partial charge in [-0.1, -0.05) is 60.3 Å². The first kappa shape index (κ1) is 26.8. The third-order valence-electron chi connectivity index (χ3n) is 7.64. The Kier molecular flexibility index (Phi) is 7.61. The zero-order chi connectivity index (χ0) is 28.3. The molecule has 0 aromatic heterocycles. The first-order valence-electron chi connectivity index (χ1n) is 13.7. The largest absolute Gasteiger partial charge is 0.368 e. The summed E-state index contributed by atoms with van der Waals surface area (Å²) in [5.41, 5.74) is 5.64. The third-order valence-corrected chi connectivity index (χ3v) is 8.71. The number of halogens is 1. The maximum absolute atomic E-state index is 13.7. The summed E-state index contributed by atoms with van der Waals surface area (Å²) in [5.74, 6) is -0.293. The summed E-state index contributed by atoms with van der Waals surface area (Å²) in [6.45, 7) is 5.16. The minimum Gasteiger partial charge on any atom is -0.368 e. The minimum absolute atomic E-state index is 0.00981. The fraction of sp³-hybridized carbons (Fsp3) is 0.176. The topological polar surface area (TPSA) is 43.9 Å². The number of piperazine rings is 1. The van der Waals surface area contributed by atoms with E-state index in [-0.39, 0.29) is 17.6 Å². The van der Waals surface area contributed by atoms with Crippen LogP contribution in [0.15, 0.2) is 107 Å². The summed E-state index contributed by atoms with van der Waals surface area (Å²) in [6.07, 6.45) is 1.91. The van der Waals surface area contributed by atoms with Gasteiger partial charge in [0.05, 0.1) is 17.1 Å². The van der Waals surface area contributed by atoms with Crippen molar-refractivity contribution in [3.05, 3.63) is 130 Å². The number of thioether (sulfide) groups is 1. The second-order valence-electron chi connectivity index (χ2n) is 10.3. The Morgan fingerprint density at radius 3 is 2.27 bits per heavy atom. The van der Waals surface area contributed by atoms with Gasteiger partial charge in [0.15, 0.2) is 0 Å². The number of carbonyl (C=O) groups is 2. The quantitative estimate of drug-likeness (QED) is 0.251. The van der Waals surface area contributed by atoms with Gasteiger partial charge in [0, 0.05) is 42.3 Å². The van der Waals surface area contributed by atoms with Gasteiger partial charge in [-0.2, -0.15) is 0 Å². The van der Waals surface area contributed by atoms with Crippen LogP contribution < -0.4 is 9.80 Å². The summed E-state index contributed by atoms with van der Waals surface area (Å²) in [7, 11) is 0. The van der Waals surface area contributed by atoms with E-state index in [0.29, 0.717) is 43.2 Å². The molecule has 41 heavy (non-hydrogen) atoms. The summed E-state index contributed by atoms with van der Waals surface area (Å²) < 4.78 is 13.3. The zero-order valence-corrected chi connectivity index (χ0v) is 23.6. The normalized spacial score (nSPS) is 16.2. The van der Waals surface area contributed by atoms with Gasteiger partial charge in [-0.15, -0.1) is 0 Å². The van der Waals surface area contributed by atoms with Gasteiger partial charge in [-0.05, 0) is 78.2 Å². The standard InChI is InChI=1S/C34H30FN3O2S/c1-24-6-2-3-7-27(24)23-38-30-8-4-5-9-31(30)41-32(34(38)40)22-25-10-12-26(13-11-25)33(39)37-20-18-36(19-21-37)29-16-14-28(35)15-17-29/h2-17,22H,18-21,23H2,1H3/b32-22+. The van der Waals surface area contributed by atoms with Crippen LogP contribution in [0.25, 0.3) is 6.08 Å². The average Bonchev–Trinajstić information content (AvgIpc) is 3.01. The number of rotatable bonds is 5. The van der Waals surface area contributed by atoms with Crippen LogP contribution in [0.5, 0.6) is 0 Å². The Morgan fingerprint density at radius 1 is 0.854 bits per heavy atom. The molecule has 0 bridgehead atoms. The second-order valence-corrected chi connectivity index (χ2v) is 11.4. The van der Waals surface area contributed by atoms with E-state index in [9.17, 15) is 14.0 Å². The minimum atomic E-state index is -0.252. The van der Waals surface area contributed by atoms with Gasteiger partial charge in [0.2, 0.25) is 0 Å². The fourth-order valence-electron chi connectivity index (χ4n) is 5.25. The highest BCUT2D eigenvalue weighted by molar-refractivity contribution is 8.04. The smallest absolute Gasteiger partial charge is 0.265 e.